The number of aliphatic carboxylic acids is 1. The van der Waals surface area contributed by atoms with Crippen molar-refractivity contribution in [3.8, 4) is 0 Å². The van der Waals surface area contributed by atoms with E-state index in [2.05, 4.69) is 16.0 Å². The Morgan fingerprint density at radius 1 is 0.967 bits per heavy atom. The minimum atomic E-state index is -1.38. The van der Waals surface area contributed by atoms with Crippen LogP contribution in [-0.2, 0) is 19.2 Å². The molecule has 30 heavy (non-hydrogen) atoms. The molecule has 0 rings (SSSR count). The molecule has 0 spiro atoms. The molecule has 0 aliphatic heterocycles. The van der Waals surface area contributed by atoms with Gasteiger partial charge >= 0.3 is 5.97 Å². The summed E-state index contributed by atoms with van der Waals surface area (Å²) in [5, 5.41) is 26.2. The molecule has 0 fully saturated rings. The molecule has 0 aromatic heterocycles. The van der Waals surface area contributed by atoms with Gasteiger partial charge in [-0.2, -0.15) is 11.8 Å². The third-order valence-corrected chi connectivity index (χ3v) is 4.99. The van der Waals surface area contributed by atoms with Gasteiger partial charge in [0.1, 0.15) is 18.1 Å². The fourth-order valence-electron chi connectivity index (χ4n) is 2.46. The zero-order valence-electron chi connectivity index (χ0n) is 17.7. The van der Waals surface area contributed by atoms with E-state index in [-0.39, 0.29) is 6.42 Å². The molecule has 0 heterocycles. The van der Waals surface area contributed by atoms with Crippen molar-refractivity contribution in [3.63, 3.8) is 0 Å². The van der Waals surface area contributed by atoms with Crippen LogP contribution in [0.15, 0.2) is 0 Å². The van der Waals surface area contributed by atoms with E-state index in [4.69, 9.17) is 11.5 Å². The number of carboxylic acid groups (broad SMARTS) is 1. The number of carboxylic acids is 1. The maximum atomic E-state index is 12.4. The molecule has 5 atom stereocenters. The largest absolute Gasteiger partial charge is 0.480 e. The van der Waals surface area contributed by atoms with E-state index in [0.717, 1.165) is 6.42 Å². The van der Waals surface area contributed by atoms with Gasteiger partial charge in [0, 0.05) is 0 Å². The Morgan fingerprint density at radius 2 is 1.60 bits per heavy atom. The zero-order chi connectivity index (χ0) is 23.3. The summed E-state index contributed by atoms with van der Waals surface area (Å²) in [5.74, 6) is -2.76. The van der Waals surface area contributed by atoms with E-state index in [0.29, 0.717) is 25.1 Å². The fourth-order valence-corrected chi connectivity index (χ4v) is 2.94. The number of nitrogens with one attached hydrogen (secondary N) is 3. The summed E-state index contributed by atoms with van der Waals surface area (Å²) in [5.41, 5.74) is 11.2. The standard InChI is InChI=1S/C18H35N5O6S/c1-10(21-16(26)12(20)6-4-5-8-19)15(25)23-14(11(2)24)17(27)22-13(18(28)29)7-9-30-3/h10-14,24H,4-9,19-20H2,1-3H3,(H,21,26)(H,22,27)(H,23,25)(H,28,29). The van der Waals surface area contributed by atoms with Crippen molar-refractivity contribution in [1.29, 1.82) is 0 Å². The van der Waals surface area contributed by atoms with Crippen LogP contribution in [0.4, 0.5) is 0 Å². The quantitative estimate of drug-likeness (QED) is 0.140. The summed E-state index contributed by atoms with van der Waals surface area (Å²) in [6.07, 6.45) is 2.54. The molecule has 3 amide bonds. The van der Waals surface area contributed by atoms with Crippen molar-refractivity contribution < 1.29 is 29.4 Å². The second-order valence-corrected chi connectivity index (χ2v) is 8.01. The van der Waals surface area contributed by atoms with Crippen LogP contribution in [0.1, 0.15) is 39.5 Å². The molecule has 0 bridgehead atoms. The summed E-state index contributed by atoms with van der Waals surface area (Å²) in [4.78, 5) is 48.2. The monoisotopic (exact) mass is 449 g/mol. The second kappa shape index (κ2) is 15.0. The van der Waals surface area contributed by atoms with Gasteiger partial charge < -0.3 is 37.6 Å². The van der Waals surface area contributed by atoms with E-state index in [1.54, 1.807) is 6.26 Å². The number of hydrogen-bond donors (Lipinski definition) is 7. The Bertz CT molecular complexity index is 577. The number of aliphatic hydroxyl groups excluding tert-OH is 1. The lowest BCUT2D eigenvalue weighted by molar-refractivity contribution is -0.143. The molecule has 0 aliphatic carbocycles. The van der Waals surface area contributed by atoms with Crippen molar-refractivity contribution >= 4 is 35.5 Å². The molecule has 5 unspecified atom stereocenters. The van der Waals surface area contributed by atoms with Crippen LogP contribution < -0.4 is 27.4 Å². The van der Waals surface area contributed by atoms with Gasteiger partial charge in [0.2, 0.25) is 17.7 Å². The van der Waals surface area contributed by atoms with Gasteiger partial charge in [0.05, 0.1) is 12.1 Å². The summed E-state index contributed by atoms with van der Waals surface area (Å²) in [6.45, 7) is 3.20. The molecule has 0 saturated heterocycles. The van der Waals surface area contributed by atoms with Crippen LogP contribution in [0.3, 0.4) is 0 Å². The fraction of sp³-hybridized carbons (Fsp3) is 0.778. The number of aliphatic hydroxyl groups is 1. The van der Waals surface area contributed by atoms with Crippen LogP contribution in [0.5, 0.6) is 0 Å². The number of carbonyl (C=O) groups is 4. The first kappa shape index (κ1) is 28.1. The lowest BCUT2D eigenvalue weighted by Gasteiger charge is -2.25. The Kier molecular flexibility index (Phi) is 14.0. The molecule has 9 N–H and O–H groups in total. The van der Waals surface area contributed by atoms with Gasteiger partial charge in [0.25, 0.3) is 0 Å². The predicted octanol–water partition coefficient (Wildman–Crippen LogP) is -1.86. The van der Waals surface area contributed by atoms with Crippen molar-refractivity contribution in [2.24, 2.45) is 11.5 Å². The van der Waals surface area contributed by atoms with Crippen LogP contribution in [0.2, 0.25) is 0 Å². The molecule has 0 aromatic carbocycles. The Balaban J connectivity index is 4.87. The van der Waals surface area contributed by atoms with Crippen LogP contribution in [-0.4, -0.2) is 82.7 Å². The van der Waals surface area contributed by atoms with Crippen molar-refractivity contribution in [3.05, 3.63) is 0 Å². The number of rotatable bonds is 15. The molecule has 0 radical (unpaired) electrons. The van der Waals surface area contributed by atoms with E-state index in [9.17, 15) is 29.4 Å². The zero-order valence-corrected chi connectivity index (χ0v) is 18.5. The third kappa shape index (κ3) is 10.8. The molecule has 0 saturated carbocycles. The highest BCUT2D eigenvalue weighted by Gasteiger charge is 2.31. The maximum Gasteiger partial charge on any atom is 0.326 e. The molecular weight excluding hydrogens is 414 g/mol. The number of amides is 3. The first-order chi connectivity index (χ1) is 14.0. The molecule has 174 valence electrons. The molecule has 0 aliphatic rings. The van der Waals surface area contributed by atoms with Gasteiger partial charge in [-0.25, -0.2) is 4.79 Å². The average molecular weight is 450 g/mol. The number of carbonyl (C=O) groups excluding carboxylic acids is 3. The predicted molar refractivity (Wildman–Crippen MR) is 115 cm³/mol. The van der Waals surface area contributed by atoms with Crippen LogP contribution in [0, 0.1) is 0 Å². The summed E-state index contributed by atoms with van der Waals surface area (Å²) < 4.78 is 0. The van der Waals surface area contributed by atoms with Gasteiger partial charge in [-0.1, -0.05) is 6.42 Å². The number of hydrogen-bond acceptors (Lipinski definition) is 8. The number of unbranched alkanes of at least 4 members (excludes halogenated alkanes) is 1. The Hall–Kier alpha value is -1.89. The SMILES string of the molecule is CSCCC(NC(=O)C(NC(=O)C(C)NC(=O)C(N)CCCCN)C(C)O)C(=O)O. The highest BCUT2D eigenvalue weighted by atomic mass is 32.2. The minimum Gasteiger partial charge on any atom is -0.480 e. The second-order valence-electron chi connectivity index (χ2n) is 7.03. The average Bonchev–Trinajstić information content (AvgIpc) is 2.68. The van der Waals surface area contributed by atoms with Gasteiger partial charge in [-0.3, -0.25) is 14.4 Å². The van der Waals surface area contributed by atoms with E-state index in [1.807, 2.05) is 0 Å². The minimum absolute atomic E-state index is 0.192. The third-order valence-electron chi connectivity index (χ3n) is 4.35. The first-order valence-corrected chi connectivity index (χ1v) is 11.2. The normalized spacial score (nSPS) is 15.9. The summed E-state index contributed by atoms with van der Waals surface area (Å²) >= 11 is 1.43. The van der Waals surface area contributed by atoms with Crippen molar-refractivity contribution in [1.82, 2.24) is 16.0 Å². The van der Waals surface area contributed by atoms with Gasteiger partial charge in [0.15, 0.2) is 0 Å². The van der Waals surface area contributed by atoms with Crippen LogP contribution in [0.25, 0.3) is 0 Å². The molecule has 12 heteroatoms. The smallest absolute Gasteiger partial charge is 0.326 e. The van der Waals surface area contributed by atoms with Gasteiger partial charge in [-0.05, 0) is 51.7 Å². The number of thioether (sulfide) groups is 1. The van der Waals surface area contributed by atoms with Gasteiger partial charge in [-0.15, -0.1) is 0 Å². The first-order valence-electron chi connectivity index (χ1n) is 9.81. The number of nitrogens with two attached hydrogens (primary N) is 2. The summed E-state index contributed by atoms with van der Waals surface area (Å²) in [6, 6.07) is -4.34. The van der Waals surface area contributed by atoms with Crippen molar-refractivity contribution in [2.75, 3.05) is 18.6 Å². The highest BCUT2D eigenvalue weighted by Crippen LogP contribution is 2.04. The molecule has 11 nitrogen and oxygen atoms in total. The topological polar surface area (TPSA) is 197 Å². The summed E-state index contributed by atoms with van der Waals surface area (Å²) in [7, 11) is 0. The Labute approximate surface area is 181 Å². The lowest BCUT2D eigenvalue weighted by Crippen LogP contribution is -2.59. The Morgan fingerprint density at radius 3 is 2.10 bits per heavy atom. The van der Waals surface area contributed by atoms with E-state index >= 15 is 0 Å². The van der Waals surface area contributed by atoms with E-state index < -0.39 is 54.0 Å². The lowest BCUT2D eigenvalue weighted by atomic mass is 10.1. The van der Waals surface area contributed by atoms with E-state index in [1.165, 1.54) is 25.6 Å². The maximum absolute atomic E-state index is 12.4. The van der Waals surface area contributed by atoms with Crippen molar-refractivity contribution in [2.45, 2.75) is 69.8 Å². The molecular formula is C18H35N5O6S. The highest BCUT2D eigenvalue weighted by molar-refractivity contribution is 7.98. The van der Waals surface area contributed by atoms with Crippen LogP contribution >= 0.6 is 11.8 Å². The molecule has 0 aromatic rings.